The van der Waals surface area contributed by atoms with Crippen molar-refractivity contribution in [3.63, 3.8) is 0 Å². The van der Waals surface area contributed by atoms with E-state index in [0.29, 0.717) is 287 Å². The number of rotatable bonds is 79. The number of hydrogen-bond acceptors (Lipinski definition) is 34. The largest absolute Gasteiger partial charge is 0.506 e. The highest BCUT2D eigenvalue weighted by Crippen LogP contribution is 2.36. The van der Waals surface area contributed by atoms with Crippen molar-refractivity contribution in [1.82, 2.24) is 29.0 Å². The van der Waals surface area contributed by atoms with Gasteiger partial charge in [-0.05, 0) is 91.3 Å². The van der Waals surface area contributed by atoms with Crippen LogP contribution in [-0.4, -0.2) is 435 Å². The van der Waals surface area contributed by atoms with Gasteiger partial charge in [-0.1, -0.05) is 12.1 Å². The van der Waals surface area contributed by atoms with E-state index in [0.717, 1.165) is 92.0 Å². The number of halogens is 3. The van der Waals surface area contributed by atoms with E-state index in [1.807, 2.05) is 36.4 Å². The molecule has 3 N–H and O–H groups in total. The first kappa shape index (κ1) is 112. The fourth-order valence-corrected chi connectivity index (χ4v) is 16.8. The van der Waals surface area contributed by atoms with Crippen LogP contribution in [0, 0.1) is 17.6 Å². The Kier molecular flexibility index (Phi) is 53.6. The van der Waals surface area contributed by atoms with Crippen LogP contribution >= 0.6 is 0 Å². The van der Waals surface area contributed by atoms with Crippen LogP contribution < -0.4 is 19.8 Å². The third-order valence-electron chi connectivity index (χ3n) is 22.7. The Hall–Kier alpha value is -7.92. The number of nitrogens with one attached hydrogen (secondary N) is 2. The quantitative estimate of drug-likeness (QED) is 0.0180. The van der Waals surface area contributed by atoms with Crippen molar-refractivity contribution in [2.45, 2.75) is 63.5 Å². The summed E-state index contributed by atoms with van der Waals surface area (Å²) in [5.74, 6) is -4.43. The predicted molar refractivity (Wildman–Crippen MR) is 497 cm³/mol. The minimum absolute atomic E-state index is 0.0215. The fraction of sp³-hybridized carbons (Fsp3) is 0.681. The van der Waals surface area contributed by atoms with E-state index in [4.69, 9.17) is 114 Å². The molecule has 0 aliphatic carbocycles. The third kappa shape index (κ3) is 41.2. The van der Waals surface area contributed by atoms with Gasteiger partial charge in [-0.2, -0.15) is 12.7 Å². The number of benzene rings is 3. The summed E-state index contributed by atoms with van der Waals surface area (Å²) in [6.07, 6.45) is 1.02. The van der Waals surface area contributed by atoms with Gasteiger partial charge >= 0.3 is 16.4 Å². The summed E-state index contributed by atoms with van der Waals surface area (Å²) in [6, 6.07) is 16.2. The van der Waals surface area contributed by atoms with Crippen LogP contribution in [0.4, 0.5) is 35.0 Å². The van der Waals surface area contributed by atoms with E-state index in [2.05, 4.69) is 30.8 Å². The summed E-state index contributed by atoms with van der Waals surface area (Å²) < 4.78 is 204. The number of anilines is 3. The van der Waals surface area contributed by atoms with Gasteiger partial charge in [0.25, 0.3) is 5.91 Å². The zero-order chi connectivity index (χ0) is 97.3. The van der Waals surface area contributed by atoms with E-state index in [9.17, 15) is 41.9 Å². The molecular weight excluding hydrogens is 1840 g/mol. The average molecular weight is 1980 g/mol. The number of nitrogens with zero attached hydrogens (tertiary/aromatic N) is 7. The molecule has 5 aliphatic heterocycles. The summed E-state index contributed by atoms with van der Waals surface area (Å²) in [6.45, 7) is 22.9. The minimum atomic E-state index is -4.53. The van der Waals surface area contributed by atoms with Crippen LogP contribution in [0.5, 0.6) is 0 Å². The summed E-state index contributed by atoms with van der Waals surface area (Å²) in [4.78, 5) is 78.1. The third-order valence-corrected chi connectivity index (χ3v) is 24.2. The highest BCUT2D eigenvalue weighted by Gasteiger charge is 2.40. The first-order valence-electron chi connectivity index (χ1n) is 47.6. The molecule has 2 unspecified atom stereocenters. The van der Waals surface area contributed by atoms with Gasteiger partial charge in [-0.3, -0.25) is 34.1 Å². The van der Waals surface area contributed by atoms with Crippen LogP contribution in [-0.2, 0) is 142 Å². The molecule has 2 aromatic heterocycles. The molecule has 3 aromatic carbocycles. The van der Waals surface area contributed by atoms with Crippen molar-refractivity contribution in [3.8, 4) is 11.1 Å². The number of piperidine rings is 2. The predicted octanol–water partition coefficient (Wildman–Crippen LogP) is 5.77. The van der Waals surface area contributed by atoms with E-state index in [1.165, 1.54) is 10.8 Å². The molecule has 3 atom stereocenters. The zero-order valence-electron chi connectivity index (χ0n) is 79.3. The number of hydrogen-bond donors (Lipinski definition) is 3. The lowest BCUT2D eigenvalue weighted by molar-refractivity contribution is -0.137. The van der Waals surface area contributed by atoms with Crippen LogP contribution in [0.2, 0.25) is 0 Å². The number of fused-ring (bicyclic) bond motifs is 2. The second-order valence-electron chi connectivity index (χ2n) is 32.6. The number of aromatic nitrogens is 2. The lowest BCUT2D eigenvalue weighted by Crippen LogP contribution is -2.52. The maximum atomic E-state index is 16.6. The smallest absolute Gasteiger partial charge is 0.450 e. The van der Waals surface area contributed by atoms with Gasteiger partial charge in [0.1, 0.15) is 29.8 Å². The normalized spacial score (nSPS) is 16.6. The zero-order valence-corrected chi connectivity index (χ0v) is 80.1. The Balaban J connectivity index is 0.504. The Bertz CT molecular complexity index is 4420. The lowest BCUT2D eigenvalue weighted by atomic mass is 9.95. The number of pyridine rings is 1. The van der Waals surface area contributed by atoms with E-state index in [-0.39, 0.29) is 87.4 Å². The molecule has 7 heterocycles. The van der Waals surface area contributed by atoms with Crippen molar-refractivity contribution < 1.29 is 160 Å². The van der Waals surface area contributed by atoms with Gasteiger partial charge in [-0.15, -0.1) is 0 Å². The Morgan fingerprint density at radius 1 is 0.500 bits per heavy atom. The van der Waals surface area contributed by atoms with E-state index in [1.54, 1.807) is 24.3 Å². The highest BCUT2D eigenvalue weighted by molar-refractivity contribution is 7.90. The summed E-state index contributed by atoms with van der Waals surface area (Å²) in [5, 5.41) is 12.4. The van der Waals surface area contributed by atoms with Crippen LogP contribution in [0.15, 0.2) is 73.1 Å². The molecule has 4 fully saturated rings. The van der Waals surface area contributed by atoms with Crippen LogP contribution in [0.25, 0.3) is 22.2 Å². The number of carbonyl (C=O) groups excluding carboxylic acids is 4. The number of carbonyl (C=O) groups is 5. The van der Waals surface area contributed by atoms with Crippen molar-refractivity contribution in [2.75, 3.05) is 365 Å². The minimum Gasteiger partial charge on any atom is -0.450 e. The summed E-state index contributed by atoms with van der Waals surface area (Å²) in [7, 11) is -2.89. The van der Waals surface area contributed by atoms with Gasteiger partial charge in [0, 0.05) is 125 Å². The number of piperazine rings is 1. The molecule has 5 aromatic rings. The number of ether oxygens (including phenoxy) is 23. The molecule has 0 saturated carbocycles. The van der Waals surface area contributed by atoms with Gasteiger partial charge < -0.3 is 133 Å². The topological polar surface area (TPSA) is 410 Å². The highest BCUT2D eigenvalue weighted by atomic mass is 32.2. The number of amides is 3. The van der Waals surface area contributed by atoms with Crippen LogP contribution in [0.1, 0.15) is 63.9 Å². The van der Waals surface area contributed by atoms with Crippen molar-refractivity contribution >= 4 is 68.0 Å². The Labute approximate surface area is 805 Å². The SMILES string of the molecule is COCCOCCOCCOCCOCCOCCOCCOCCOCCOCCOCCOCCOCCOCCOCCOCCOCCOCCOCCOCCOCCOCC(Cn1cc(C(=O)c2c(F)ccc(NS(=O)(=O)N3CC[C@@H](F)C3)c2F)c2cc(-c3ccc(N4CCN(CC5CCN(c6ccc7c(c6)CN(C6CCC(=O)NC6=O)C7=O)CC5)CC4)cc3)cnc21)OC(=O)O. The summed E-state index contributed by atoms with van der Waals surface area (Å²) in [5.41, 5.74) is 2.78. The fourth-order valence-electron chi connectivity index (χ4n) is 15.5. The Morgan fingerprint density at radius 3 is 1.35 bits per heavy atom. The molecule has 44 heteroatoms. The van der Waals surface area contributed by atoms with Gasteiger partial charge in [0.15, 0.2) is 5.82 Å². The van der Waals surface area contributed by atoms with Gasteiger partial charge in [0.05, 0.1) is 302 Å². The van der Waals surface area contributed by atoms with Gasteiger partial charge in [0.2, 0.25) is 17.6 Å². The molecule has 0 radical (unpaired) electrons. The number of alkyl halides is 1. The van der Waals surface area contributed by atoms with Crippen LogP contribution in [0.3, 0.4) is 0 Å². The first-order chi connectivity index (χ1) is 67.5. The van der Waals surface area contributed by atoms with Crippen molar-refractivity contribution in [3.05, 3.63) is 107 Å². The Morgan fingerprint density at radius 2 is 0.928 bits per heavy atom. The number of imide groups is 1. The molecule has 5 aliphatic rings. The molecule has 3 amide bonds. The average Bonchev–Trinajstić information content (AvgIpc) is 1.60. The molecule has 138 heavy (non-hydrogen) atoms. The molecule has 40 nitrogen and oxygen atoms in total. The number of ketones is 1. The van der Waals surface area contributed by atoms with Crippen molar-refractivity contribution in [2.24, 2.45) is 5.92 Å². The monoisotopic (exact) mass is 1980 g/mol. The van der Waals surface area contributed by atoms with Crippen molar-refractivity contribution in [1.29, 1.82) is 0 Å². The maximum absolute atomic E-state index is 16.6. The molecule has 774 valence electrons. The first-order valence-corrected chi connectivity index (χ1v) is 49.0. The molecule has 0 spiro atoms. The lowest BCUT2D eigenvalue weighted by Gasteiger charge is -2.40. The second kappa shape index (κ2) is 66.0. The van der Waals surface area contributed by atoms with Gasteiger partial charge in [-0.25, -0.2) is 22.9 Å². The maximum Gasteiger partial charge on any atom is 0.506 e. The molecule has 10 rings (SSSR count). The molecule has 0 bridgehead atoms. The standard InChI is InChI=1S/C94H140F3N9O31S/c1-115-22-23-116-24-25-117-26-27-118-28-29-119-30-31-120-32-33-121-34-35-122-36-37-123-38-39-124-40-41-125-42-43-126-44-45-127-46-47-128-48-49-129-50-51-130-52-53-131-54-55-132-56-57-133-58-59-134-60-61-135-62-63-136-72-80(137-94(111)112)70-104-71-83(90(108)88-84(96)8-9-85(89(88)97)100-138(113,114)105-17-14-77(95)69-105)82-65-75(66-98-91(82)104)74-2-4-78(5-3-74)103-20-18-101(19-21-103)67-73-12-15-102(16-13-73)79-6-7-81-76(64-79)68-106(93(81)110)86-10-11-87(107)99-92(86)109/h2-9,64-66,71,73,77,80,86,100H,10-63,67-70,72H2,1H3,(H,111,112)(H,99,107,109)/t77-,80?,86?/m1/s1. The van der Waals surface area contributed by atoms with E-state index < -0.39 is 75.8 Å². The molecular formula is C94H140F3N9O31S. The summed E-state index contributed by atoms with van der Waals surface area (Å²) >= 11 is 0. The van der Waals surface area contributed by atoms with E-state index >= 15 is 8.78 Å². The number of methoxy groups -OCH3 is 1. The molecule has 4 saturated heterocycles. The number of carboxylic acid groups (broad SMARTS) is 1. The second-order valence-corrected chi connectivity index (χ2v) is 34.3.